The number of hydrogen-bond donors (Lipinski definition) is 0. The summed E-state index contributed by atoms with van der Waals surface area (Å²) in [5, 5.41) is 0. The van der Waals surface area contributed by atoms with Gasteiger partial charge in [0.1, 0.15) is 5.75 Å². The molecule has 0 bridgehead atoms. The molecule has 1 aromatic carbocycles. The van der Waals surface area contributed by atoms with Crippen molar-refractivity contribution in [2.45, 2.75) is 0 Å². The molecular weight excluding hydrogens is 368 g/mol. The van der Waals surface area contributed by atoms with E-state index in [1.165, 1.54) is 4.31 Å². The predicted octanol–water partition coefficient (Wildman–Crippen LogP) is 0.167. The number of carbonyl (C=O) groups is 1. The lowest BCUT2D eigenvalue weighted by Crippen LogP contribution is -2.52. The van der Waals surface area contributed by atoms with Crippen molar-refractivity contribution in [2.24, 2.45) is 0 Å². The lowest BCUT2D eigenvalue weighted by atomic mass is 10.2. The maximum atomic E-state index is 12.6. The molecule has 0 atom stereocenters. The second-order valence-corrected chi connectivity index (χ2v) is 8.95. The zero-order valence-electron chi connectivity index (χ0n) is 16.6. The topological polar surface area (TPSA) is 73.4 Å². The molecule has 1 aliphatic rings. The highest BCUT2D eigenvalue weighted by atomic mass is 32.2. The highest BCUT2D eigenvalue weighted by Gasteiger charge is 2.26. The average Bonchev–Trinajstić information content (AvgIpc) is 2.64. The van der Waals surface area contributed by atoms with Crippen LogP contribution in [0.1, 0.15) is 0 Å². The van der Waals surface area contributed by atoms with E-state index in [-0.39, 0.29) is 12.5 Å². The van der Waals surface area contributed by atoms with E-state index in [0.29, 0.717) is 39.3 Å². The molecule has 9 heteroatoms. The van der Waals surface area contributed by atoms with Gasteiger partial charge in [-0.15, -0.1) is 0 Å². The first kappa shape index (κ1) is 21.5. The lowest BCUT2D eigenvalue weighted by Gasteiger charge is -2.37. The second-order valence-electron chi connectivity index (χ2n) is 6.97. The number of nitrogens with zero attached hydrogens (tertiary/aromatic N) is 4. The fourth-order valence-corrected chi connectivity index (χ4v) is 3.69. The Bertz CT molecular complexity index is 713. The number of ether oxygens (including phenoxy) is 1. The van der Waals surface area contributed by atoms with E-state index in [0.717, 1.165) is 17.7 Å². The van der Waals surface area contributed by atoms with Crippen LogP contribution in [-0.2, 0) is 14.8 Å². The summed E-state index contributed by atoms with van der Waals surface area (Å²) in [5.41, 5.74) is 1.09. The van der Waals surface area contributed by atoms with Gasteiger partial charge in [0, 0.05) is 45.0 Å². The molecular formula is C18H30N4O4S. The normalized spacial score (nSPS) is 15.5. The molecule has 27 heavy (non-hydrogen) atoms. The summed E-state index contributed by atoms with van der Waals surface area (Å²) in [5.74, 6) is 0.666. The Morgan fingerprint density at radius 2 is 1.67 bits per heavy atom. The number of carbonyl (C=O) groups excluding carboxylic acids is 1. The second kappa shape index (κ2) is 9.38. The molecule has 0 radical (unpaired) electrons. The zero-order valence-corrected chi connectivity index (χ0v) is 17.4. The Morgan fingerprint density at radius 1 is 1.07 bits per heavy atom. The van der Waals surface area contributed by atoms with Crippen molar-refractivity contribution < 1.29 is 17.9 Å². The van der Waals surface area contributed by atoms with Gasteiger partial charge in [-0.1, -0.05) is 0 Å². The van der Waals surface area contributed by atoms with Crippen LogP contribution in [0.15, 0.2) is 24.3 Å². The third-order valence-corrected chi connectivity index (χ3v) is 5.90. The van der Waals surface area contributed by atoms with Crippen molar-refractivity contribution in [3.8, 4) is 5.75 Å². The molecule has 1 amide bonds. The summed E-state index contributed by atoms with van der Waals surface area (Å²) in [6.45, 7) is 3.37. The van der Waals surface area contributed by atoms with E-state index < -0.39 is 10.0 Å². The minimum absolute atomic E-state index is 0.102. The molecule has 0 unspecified atom stereocenters. The first-order valence-corrected chi connectivity index (χ1v) is 10.8. The molecule has 1 aliphatic heterocycles. The molecule has 1 aromatic rings. The standard InChI is InChI=1S/C18H30N4O4S/c1-19(2)9-14-22(27(4,24)25)15-18(23)21-12-10-20(11-13-21)16-5-7-17(26-3)8-6-16/h5-8H,9-15H2,1-4H3. The van der Waals surface area contributed by atoms with Gasteiger partial charge < -0.3 is 19.4 Å². The first-order chi connectivity index (χ1) is 12.7. The number of anilines is 1. The van der Waals surface area contributed by atoms with E-state index >= 15 is 0 Å². The van der Waals surface area contributed by atoms with Gasteiger partial charge in [0.2, 0.25) is 15.9 Å². The first-order valence-electron chi connectivity index (χ1n) is 8.97. The number of methoxy groups -OCH3 is 1. The maximum absolute atomic E-state index is 12.6. The largest absolute Gasteiger partial charge is 0.497 e. The van der Waals surface area contributed by atoms with Gasteiger partial charge >= 0.3 is 0 Å². The van der Waals surface area contributed by atoms with Gasteiger partial charge in [0.15, 0.2) is 0 Å². The highest BCUT2D eigenvalue weighted by molar-refractivity contribution is 7.88. The summed E-state index contributed by atoms with van der Waals surface area (Å²) >= 11 is 0. The fourth-order valence-electron chi connectivity index (χ4n) is 2.93. The summed E-state index contributed by atoms with van der Waals surface area (Å²) in [7, 11) is 1.97. The van der Waals surface area contributed by atoms with Crippen molar-refractivity contribution in [3.63, 3.8) is 0 Å². The SMILES string of the molecule is COc1ccc(N2CCN(C(=O)CN(CCN(C)C)S(C)(=O)=O)CC2)cc1. The van der Waals surface area contributed by atoms with Crippen molar-refractivity contribution in [1.82, 2.24) is 14.1 Å². The highest BCUT2D eigenvalue weighted by Crippen LogP contribution is 2.20. The third kappa shape index (κ3) is 6.37. The van der Waals surface area contributed by atoms with Crippen molar-refractivity contribution >= 4 is 21.6 Å². The molecule has 1 saturated heterocycles. The van der Waals surface area contributed by atoms with Gasteiger partial charge in [0.05, 0.1) is 19.9 Å². The van der Waals surface area contributed by atoms with Crippen LogP contribution in [0.5, 0.6) is 5.75 Å². The molecule has 1 heterocycles. The number of piperazine rings is 1. The average molecular weight is 399 g/mol. The number of hydrogen-bond acceptors (Lipinski definition) is 6. The monoisotopic (exact) mass is 398 g/mol. The van der Waals surface area contributed by atoms with Gasteiger partial charge in [-0.3, -0.25) is 4.79 Å². The quantitative estimate of drug-likeness (QED) is 0.622. The molecule has 0 aliphatic carbocycles. The molecule has 0 aromatic heterocycles. The number of sulfonamides is 1. The maximum Gasteiger partial charge on any atom is 0.238 e. The van der Waals surface area contributed by atoms with Crippen LogP contribution in [0.2, 0.25) is 0 Å². The van der Waals surface area contributed by atoms with Crippen molar-refractivity contribution in [3.05, 3.63) is 24.3 Å². The van der Waals surface area contributed by atoms with E-state index in [1.54, 1.807) is 12.0 Å². The van der Waals surface area contributed by atoms with Crippen LogP contribution in [-0.4, -0.2) is 102 Å². The summed E-state index contributed by atoms with van der Waals surface area (Å²) in [6, 6.07) is 7.84. The Balaban J connectivity index is 1.90. The van der Waals surface area contributed by atoms with E-state index in [4.69, 9.17) is 4.74 Å². The van der Waals surface area contributed by atoms with E-state index in [9.17, 15) is 13.2 Å². The third-order valence-electron chi connectivity index (χ3n) is 4.65. The summed E-state index contributed by atoms with van der Waals surface area (Å²) < 4.78 is 30.4. The molecule has 152 valence electrons. The molecule has 0 saturated carbocycles. The van der Waals surface area contributed by atoms with E-state index in [1.807, 2.05) is 43.3 Å². The predicted molar refractivity (Wildman–Crippen MR) is 107 cm³/mol. The minimum atomic E-state index is -3.42. The van der Waals surface area contributed by atoms with Crippen LogP contribution >= 0.6 is 0 Å². The lowest BCUT2D eigenvalue weighted by molar-refractivity contribution is -0.131. The van der Waals surface area contributed by atoms with Gasteiger partial charge in [-0.2, -0.15) is 4.31 Å². The fraction of sp³-hybridized carbons (Fsp3) is 0.611. The van der Waals surface area contributed by atoms with Crippen LogP contribution < -0.4 is 9.64 Å². The smallest absolute Gasteiger partial charge is 0.238 e. The van der Waals surface area contributed by atoms with Crippen LogP contribution in [0, 0.1) is 0 Å². The van der Waals surface area contributed by atoms with Crippen LogP contribution in [0.3, 0.4) is 0 Å². The Morgan fingerprint density at radius 3 is 2.15 bits per heavy atom. The van der Waals surface area contributed by atoms with Crippen molar-refractivity contribution in [2.75, 3.05) is 78.2 Å². The number of amides is 1. The molecule has 8 nitrogen and oxygen atoms in total. The number of likely N-dealkylation sites (N-methyl/N-ethyl adjacent to an activating group) is 1. The van der Waals surface area contributed by atoms with E-state index in [2.05, 4.69) is 4.90 Å². The van der Waals surface area contributed by atoms with Gasteiger partial charge in [-0.05, 0) is 38.4 Å². The zero-order chi connectivity index (χ0) is 20.0. The molecule has 2 rings (SSSR count). The van der Waals surface area contributed by atoms with Crippen molar-refractivity contribution in [1.29, 1.82) is 0 Å². The Kier molecular flexibility index (Phi) is 7.46. The number of rotatable bonds is 8. The molecule has 0 spiro atoms. The Hall–Kier alpha value is -1.84. The van der Waals surface area contributed by atoms with Crippen LogP contribution in [0.25, 0.3) is 0 Å². The van der Waals surface area contributed by atoms with Gasteiger partial charge in [0.25, 0.3) is 0 Å². The Labute approximate surface area is 162 Å². The number of benzene rings is 1. The molecule has 0 N–H and O–H groups in total. The minimum Gasteiger partial charge on any atom is -0.497 e. The van der Waals surface area contributed by atoms with Gasteiger partial charge in [-0.25, -0.2) is 8.42 Å². The van der Waals surface area contributed by atoms with Crippen LogP contribution in [0.4, 0.5) is 5.69 Å². The molecule has 1 fully saturated rings. The summed E-state index contributed by atoms with van der Waals surface area (Å²) in [6.07, 6.45) is 1.15. The summed E-state index contributed by atoms with van der Waals surface area (Å²) in [4.78, 5) is 18.5.